The zero-order chi connectivity index (χ0) is 21.0. The number of hydrogen-bond acceptors (Lipinski definition) is 3. The SMILES string of the molecule is CC(C)(C)c1cc(B2OC(C)(C)C(C)(C)O2)c(OC(F)F)c(C(C)(C)C)c1. The van der Waals surface area contributed by atoms with Crippen LogP contribution in [0.4, 0.5) is 8.78 Å². The Hall–Kier alpha value is -1.14. The third-order valence-electron chi connectivity index (χ3n) is 5.51. The summed E-state index contributed by atoms with van der Waals surface area (Å²) in [4.78, 5) is 0. The van der Waals surface area contributed by atoms with Gasteiger partial charge in [-0.1, -0.05) is 53.7 Å². The highest BCUT2D eigenvalue weighted by molar-refractivity contribution is 6.63. The number of halogens is 2. The van der Waals surface area contributed by atoms with Crippen molar-refractivity contribution in [3.05, 3.63) is 23.3 Å². The largest absolute Gasteiger partial charge is 0.498 e. The van der Waals surface area contributed by atoms with Crippen LogP contribution in [0.25, 0.3) is 0 Å². The fraction of sp³-hybridized carbons (Fsp3) is 0.714. The topological polar surface area (TPSA) is 27.7 Å². The molecule has 0 bridgehead atoms. The zero-order valence-corrected chi connectivity index (χ0v) is 18.3. The van der Waals surface area contributed by atoms with Crippen LogP contribution < -0.4 is 10.2 Å². The first-order valence-corrected chi connectivity index (χ1v) is 9.45. The lowest BCUT2D eigenvalue weighted by Gasteiger charge is -2.32. The average Bonchev–Trinajstić information content (AvgIpc) is 2.64. The van der Waals surface area contributed by atoms with Crippen molar-refractivity contribution >= 4 is 12.6 Å². The van der Waals surface area contributed by atoms with E-state index >= 15 is 0 Å². The maximum atomic E-state index is 13.3. The second-order valence-electron chi connectivity index (χ2n) is 10.4. The van der Waals surface area contributed by atoms with Gasteiger partial charge in [-0.15, -0.1) is 0 Å². The van der Waals surface area contributed by atoms with Gasteiger partial charge in [0, 0.05) is 5.46 Å². The van der Waals surface area contributed by atoms with Gasteiger partial charge in [0.2, 0.25) is 0 Å². The molecule has 0 saturated carbocycles. The highest BCUT2D eigenvalue weighted by atomic mass is 19.3. The first-order chi connectivity index (χ1) is 12.0. The minimum atomic E-state index is -2.92. The Morgan fingerprint density at radius 1 is 0.889 bits per heavy atom. The molecule has 0 atom stereocenters. The maximum absolute atomic E-state index is 13.3. The van der Waals surface area contributed by atoms with Crippen molar-refractivity contribution in [2.75, 3.05) is 0 Å². The van der Waals surface area contributed by atoms with Gasteiger partial charge < -0.3 is 14.0 Å². The molecule has 6 heteroatoms. The molecule has 1 aliphatic rings. The molecule has 0 aliphatic carbocycles. The molecule has 152 valence electrons. The number of ether oxygens (including phenoxy) is 1. The van der Waals surface area contributed by atoms with Crippen molar-refractivity contribution in [1.29, 1.82) is 0 Å². The number of hydrogen-bond donors (Lipinski definition) is 0. The summed E-state index contributed by atoms with van der Waals surface area (Å²) in [7, 11) is -0.771. The van der Waals surface area contributed by atoms with E-state index in [1.807, 2.05) is 60.6 Å². The molecule has 0 N–H and O–H groups in total. The van der Waals surface area contributed by atoms with E-state index in [0.29, 0.717) is 5.46 Å². The van der Waals surface area contributed by atoms with Crippen LogP contribution in [0.3, 0.4) is 0 Å². The maximum Gasteiger partial charge on any atom is 0.498 e. The molecule has 1 fully saturated rings. The van der Waals surface area contributed by atoms with Gasteiger partial charge in [-0.2, -0.15) is 8.78 Å². The lowest BCUT2D eigenvalue weighted by molar-refractivity contribution is -0.0502. The Kier molecular flexibility index (Phi) is 5.52. The van der Waals surface area contributed by atoms with Gasteiger partial charge in [-0.3, -0.25) is 0 Å². The molecule has 0 unspecified atom stereocenters. The van der Waals surface area contributed by atoms with E-state index in [4.69, 9.17) is 14.0 Å². The fourth-order valence-electron chi connectivity index (χ4n) is 3.01. The first kappa shape index (κ1) is 22.2. The molecule has 1 aromatic carbocycles. The van der Waals surface area contributed by atoms with E-state index < -0.39 is 24.9 Å². The van der Waals surface area contributed by atoms with E-state index in [-0.39, 0.29) is 16.6 Å². The average molecular weight is 382 g/mol. The van der Waals surface area contributed by atoms with E-state index in [1.54, 1.807) is 0 Å². The fourth-order valence-corrected chi connectivity index (χ4v) is 3.01. The van der Waals surface area contributed by atoms with E-state index in [2.05, 4.69) is 20.8 Å². The quantitative estimate of drug-likeness (QED) is 0.674. The summed E-state index contributed by atoms with van der Waals surface area (Å²) < 4.78 is 43.9. The van der Waals surface area contributed by atoms with E-state index in [9.17, 15) is 8.78 Å². The molecule has 1 heterocycles. The Morgan fingerprint density at radius 2 is 1.37 bits per heavy atom. The molecule has 27 heavy (non-hydrogen) atoms. The molecule has 0 spiro atoms. The van der Waals surface area contributed by atoms with Crippen LogP contribution in [0.15, 0.2) is 12.1 Å². The summed E-state index contributed by atoms with van der Waals surface area (Å²) >= 11 is 0. The van der Waals surface area contributed by atoms with Crippen LogP contribution in [0.5, 0.6) is 5.75 Å². The van der Waals surface area contributed by atoms with Crippen molar-refractivity contribution in [2.45, 2.75) is 97.9 Å². The monoisotopic (exact) mass is 382 g/mol. The molecule has 1 aromatic rings. The number of alkyl halides is 2. The highest BCUT2D eigenvalue weighted by Gasteiger charge is 2.53. The standard InChI is InChI=1S/C21H33BF2O3/c1-18(2,3)13-11-14(19(4,5)6)16(25-17(23)24)15(12-13)22-26-20(7,8)21(9,10)27-22/h11-12,17H,1-10H3. The Balaban J connectivity index is 2.74. The summed E-state index contributed by atoms with van der Waals surface area (Å²) in [5, 5.41) is 0. The summed E-state index contributed by atoms with van der Waals surface area (Å²) in [5.41, 5.74) is 0.578. The second kappa shape index (κ2) is 6.73. The lowest BCUT2D eigenvalue weighted by atomic mass is 9.70. The van der Waals surface area contributed by atoms with Crippen molar-refractivity contribution in [3.8, 4) is 5.75 Å². The van der Waals surface area contributed by atoms with Gasteiger partial charge in [-0.05, 0) is 49.7 Å². The first-order valence-electron chi connectivity index (χ1n) is 9.45. The summed E-state index contributed by atoms with van der Waals surface area (Å²) in [6.45, 7) is 17.1. The Bertz CT molecular complexity index is 685. The van der Waals surface area contributed by atoms with Crippen molar-refractivity contribution in [2.24, 2.45) is 0 Å². The minimum Gasteiger partial charge on any atom is -0.435 e. The van der Waals surface area contributed by atoms with Crippen LogP contribution in [-0.2, 0) is 20.1 Å². The van der Waals surface area contributed by atoms with Crippen LogP contribution in [0, 0.1) is 0 Å². The molecule has 0 amide bonds. The molecule has 3 nitrogen and oxygen atoms in total. The molecule has 2 rings (SSSR count). The molecule has 1 saturated heterocycles. The van der Waals surface area contributed by atoms with E-state index in [1.165, 1.54) is 0 Å². The third-order valence-corrected chi connectivity index (χ3v) is 5.51. The van der Waals surface area contributed by atoms with Gasteiger partial charge >= 0.3 is 13.7 Å². The van der Waals surface area contributed by atoms with Crippen LogP contribution in [0.2, 0.25) is 0 Å². The minimum absolute atomic E-state index is 0.156. The van der Waals surface area contributed by atoms with Gasteiger partial charge in [0.15, 0.2) is 0 Å². The van der Waals surface area contributed by atoms with Crippen molar-refractivity contribution < 1.29 is 22.8 Å². The van der Waals surface area contributed by atoms with Crippen LogP contribution in [0.1, 0.15) is 80.4 Å². The lowest BCUT2D eigenvalue weighted by Crippen LogP contribution is -2.41. The smallest absolute Gasteiger partial charge is 0.435 e. The van der Waals surface area contributed by atoms with Crippen LogP contribution in [-0.4, -0.2) is 24.9 Å². The molecule has 1 aliphatic heterocycles. The van der Waals surface area contributed by atoms with Crippen LogP contribution >= 0.6 is 0 Å². The molecular weight excluding hydrogens is 349 g/mol. The predicted octanol–water partition coefficient (Wildman–Crippen LogP) is 5.18. The van der Waals surface area contributed by atoms with Crippen molar-refractivity contribution in [1.82, 2.24) is 0 Å². The summed E-state index contributed by atoms with van der Waals surface area (Å²) in [6, 6.07) is 3.85. The number of rotatable bonds is 3. The molecule has 0 aromatic heterocycles. The Labute approximate surface area is 162 Å². The van der Waals surface area contributed by atoms with Gasteiger partial charge in [0.25, 0.3) is 0 Å². The van der Waals surface area contributed by atoms with Crippen molar-refractivity contribution in [3.63, 3.8) is 0 Å². The highest BCUT2D eigenvalue weighted by Crippen LogP contribution is 2.40. The Morgan fingerprint density at radius 3 is 1.74 bits per heavy atom. The third kappa shape index (κ3) is 4.48. The number of benzene rings is 1. The summed E-state index contributed by atoms with van der Waals surface area (Å²) in [6.07, 6.45) is 0. The molecule has 0 radical (unpaired) electrons. The predicted molar refractivity (Wildman–Crippen MR) is 106 cm³/mol. The van der Waals surface area contributed by atoms with E-state index in [0.717, 1.165) is 11.1 Å². The summed E-state index contributed by atoms with van der Waals surface area (Å²) in [5.74, 6) is 0.156. The van der Waals surface area contributed by atoms with Gasteiger partial charge in [-0.25, -0.2) is 0 Å². The molecular formula is C21H33BF2O3. The van der Waals surface area contributed by atoms with Gasteiger partial charge in [0.05, 0.1) is 11.2 Å². The second-order valence-corrected chi connectivity index (χ2v) is 10.4. The zero-order valence-electron chi connectivity index (χ0n) is 18.3. The normalized spacial score (nSPS) is 19.7. The van der Waals surface area contributed by atoms with Gasteiger partial charge in [0.1, 0.15) is 5.75 Å².